The average molecular weight is 200 g/mol. The first-order valence-electron chi connectivity index (χ1n) is 5.75. The molecule has 2 N–H and O–H groups in total. The molecule has 0 aliphatic rings. The van der Waals surface area contributed by atoms with Crippen LogP contribution in [0.1, 0.15) is 52.9 Å². The number of rotatable bonds is 7. The van der Waals surface area contributed by atoms with Gasteiger partial charge in [0.1, 0.15) is 0 Å². The van der Waals surface area contributed by atoms with Crippen molar-refractivity contribution in [1.82, 2.24) is 10.6 Å². The van der Waals surface area contributed by atoms with E-state index in [1.54, 1.807) is 0 Å². The van der Waals surface area contributed by atoms with Crippen molar-refractivity contribution in [3.05, 3.63) is 0 Å². The molecule has 0 saturated heterocycles. The van der Waals surface area contributed by atoms with Crippen molar-refractivity contribution in [3.63, 3.8) is 0 Å². The third kappa shape index (κ3) is 7.90. The van der Waals surface area contributed by atoms with Crippen LogP contribution in [-0.4, -0.2) is 18.6 Å². The van der Waals surface area contributed by atoms with Gasteiger partial charge >= 0.3 is 6.03 Å². The third-order valence-corrected chi connectivity index (χ3v) is 2.31. The summed E-state index contributed by atoms with van der Waals surface area (Å²) in [5.41, 5.74) is 0. The minimum atomic E-state index is -0.0316. The van der Waals surface area contributed by atoms with E-state index in [0.717, 1.165) is 19.4 Å². The first-order chi connectivity index (χ1) is 6.70. The summed E-state index contributed by atoms with van der Waals surface area (Å²) in [6.07, 6.45) is 5.76. The van der Waals surface area contributed by atoms with Crippen molar-refractivity contribution in [2.24, 2.45) is 0 Å². The van der Waals surface area contributed by atoms with Crippen LogP contribution in [0.5, 0.6) is 0 Å². The van der Waals surface area contributed by atoms with Crippen LogP contribution >= 0.6 is 0 Å². The number of carbonyl (C=O) groups excluding carboxylic acids is 1. The highest BCUT2D eigenvalue weighted by Gasteiger charge is 2.02. The normalized spacial score (nSPS) is 12.2. The van der Waals surface area contributed by atoms with Crippen molar-refractivity contribution in [2.45, 2.75) is 58.9 Å². The van der Waals surface area contributed by atoms with Crippen molar-refractivity contribution in [3.8, 4) is 0 Å². The zero-order chi connectivity index (χ0) is 10.8. The van der Waals surface area contributed by atoms with E-state index in [0.29, 0.717) is 0 Å². The Labute approximate surface area is 87.6 Å². The first-order valence-corrected chi connectivity index (χ1v) is 5.75. The van der Waals surface area contributed by atoms with E-state index in [1.807, 2.05) is 6.92 Å². The lowest BCUT2D eigenvalue weighted by molar-refractivity contribution is 0.237. The molecule has 3 nitrogen and oxygen atoms in total. The molecule has 0 rings (SSSR count). The molecule has 0 spiro atoms. The molecule has 0 fully saturated rings. The van der Waals surface area contributed by atoms with Gasteiger partial charge < -0.3 is 10.6 Å². The second-order valence-electron chi connectivity index (χ2n) is 3.77. The van der Waals surface area contributed by atoms with Gasteiger partial charge in [-0.25, -0.2) is 4.79 Å². The Hall–Kier alpha value is -0.730. The highest BCUT2D eigenvalue weighted by Crippen LogP contribution is 1.96. The zero-order valence-electron chi connectivity index (χ0n) is 9.73. The van der Waals surface area contributed by atoms with Crippen LogP contribution in [0.4, 0.5) is 4.79 Å². The molecule has 1 atom stereocenters. The maximum Gasteiger partial charge on any atom is 0.314 e. The number of carbonyl (C=O) groups is 1. The lowest BCUT2D eigenvalue weighted by atomic mass is 10.2. The maximum atomic E-state index is 11.2. The average Bonchev–Trinajstić information content (AvgIpc) is 2.17. The fourth-order valence-electron chi connectivity index (χ4n) is 1.13. The Kier molecular flexibility index (Phi) is 8.39. The molecular weight excluding hydrogens is 176 g/mol. The van der Waals surface area contributed by atoms with Crippen molar-refractivity contribution in [2.75, 3.05) is 6.54 Å². The van der Waals surface area contributed by atoms with Gasteiger partial charge in [0.2, 0.25) is 0 Å². The van der Waals surface area contributed by atoms with Crippen LogP contribution in [0.3, 0.4) is 0 Å². The molecule has 0 radical (unpaired) electrons. The second kappa shape index (κ2) is 8.85. The van der Waals surface area contributed by atoms with Gasteiger partial charge in [-0.3, -0.25) is 0 Å². The molecule has 0 heterocycles. The summed E-state index contributed by atoms with van der Waals surface area (Å²) in [6, 6.07) is 0.237. The highest BCUT2D eigenvalue weighted by atomic mass is 16.2. The fourth-order valence-corrected chi connectivity index (χ4v) is 1.13. The number of hydrogen-bond donors (Lipinski definition) is 2. The van der Waals surface area contributed by atoms with Crippen LogP contribution < -0.4 is 10.6 Å². The summed E-state index contributed by atoms with van der Waals surface area (Å²) < 4.78 is 0. The lowest BCUT2D eigenvalue weighted by Crippen LogP contribution is -2.40. The fraction of sp³-hybridized carbons (Fsp3) is 0.909. The van der Waals surface area contributed by atoms with E-state index in [2.05, 4.69) is 24.5 Å². The molecule has 0 saturated carbocycles. The first kappa shape index (κ1) is 13.3. The smallest absolute Gasteiger partial charge is 0.314 e. The van der Waals surface area contributed by atoms with E-state index < -0.39 is 0 Å². The van der Waals surface area contributed by atoms with Gasteiger partial charge in [-0.15, -0.1) is 0 Å². The molecule has 0 bridgehead atoms. The standard InChI is InChI=1S/C11H24N2O/c1-4-6-7-8-9-12-11(14)13-10(3)5-2/h10H,4-9H2,1-3H3,(H2,12,13,14)/t10-/m1/s1. The van der Waals surface area contributed by atoms with Crippen molar-refractivity contribution >= 4 is 6.03 Å². The molecule has 0 unspecified atom stereocenters. The van der Waals surface area contributed by atoms with Gasteiger partial charge in [0.15, 0.2) is 0 Å². The molecular formula is C11H24N2O. The number of nitrogens with one attached hydrogen (secondary N) is 2. The van der Waals surface area contributed by atoms with Crippen LogP contribution in [-0.2, 0) is 0 Å². The Morgan fingerprint density at radius 1 is 1.21 bits per heavy atom. The van der Waals surface area contributed by atoms with E-state index in [9.17, 15) is 4.79 Å². The monoisotopic (exact) mass is 200 g/mol. The van der Waals surface area contributed by atoms with E-state index in [-0.39, 0.29) is 12.1 Å². The third-order valence-electron chi connectivity index (χ3n) is 2.31. The quantitative estimate of drug-likeness (QED) is 0.609. The summed E-state index contributed by atoms with van der Waals surface area (Å²) in [6.45, 7) is 7.05. The molecule has 14 heavy (non-hydrogen) atoms. The zero-order valence-corrected chi connectivity index (χ0v) is 9.73. The Bertz CT molecular complexity index is 148. The van der Waals surface area contributed by atoms with Gasteiger partial charge in [0.05, 0.1) is 0 Å². The van der Waals surface area contributed by atoms with Crippen molar-refractivity contribution in [1.29, 1.82) is 0 Å². The summed E-state index contributed by atoms with van der Waals surface area (Å²) >= 11 is 0. The summed E-state index contributed by atoms with van der Waals surface area (Å²) in [5, 5.41) is 5.73. The molecule has 3 heteroatoms. The van der Waals surface area contributed by atoms with Crippen LogP contribution in [0.15, 0.2) is 0 Å². The van der Waals surface area contributed by atoms with E-state index in [1.165, 1.54) is 19.3 Å². The maximum absolute atomic E-state index is 11.2. The van der Waals surface area contributed by atoms with Gasteiger partial charge in [0, 0.05) is 12.6 Å². The number of hydrogen-bond acceptors (Lipinski definition) is 1. The molecule has 0 aromatic carbocycles. The second-order valence-corrected chi connectivity index (χ2v) is 3.77. The molecule has 0 aliphatic heterocycles. The number of unbranched alkanes of at least 4 members (excludes halogenated alkanes) is 3. The van der Waals surface area contributed by atoms with Crippen LogP contribution in [0.25, 0.3) is 0 Å². The number of amides is 2. The van der Waals surface area contributed by atoms with Crippen molar-refractivity contribution < 1.29 is 4.79 Å². The van der Waals surface area contributed by atoms with Crippen LogP contribution in [0, 0.1) is 0 Å². The van der Waals surface area contributed by atoms with Crippen LogP contribution in [0.2, 0.25) is 0 Å². The summed E-state index contributed by atoms with van der Waals surface area (Å²) in [7, 11) is 0. The van der Waals surface area contributed by atoms with E-state index >= 15 is 0 Å². The largest absolute Gasteiger partial charge is 0.338 e. The number of urea groups is 1. The van der Waals surface area contributed by atoms with E-state index in [4.69, 9.17) is 0 Å². The van der Waals surface area contributed by atoms with Gasteiger partial charge in [-0.1, -0.05) is 33.1 Å². The Morgan fingerprint density at radius 2 is 1.93 bits per heavy atom. The predicted octanol–water partition coefficient (Wildman–Crippen LogP) is 2.66. The molecule has 0 aromatic heterocycles. The molecule has 0 aromatic rings. The molecule has 0 aliphatic carbocycles. The summed E-state index contributed by atoms with van der Waals surface area (Å²) in [5.74, 6) is 0. The minimum Gasteiger partial charge on any atom is -0.338 e. The minimum absolute atomic E-state index is 0.0316. The highest BCUT2D eigenvalue weighted by molar-refractivity contribution is 5.74. The SMILES string of the molecule is CCCCCCNC(=O)N[C@H](C)CC. The predicted molar refractivity (Wildman–Crippen MR) is 60.4 cm³/mol. The lowest BCUT2D eigenvalue weighted by Gasteiger charge is -2.12. The van der Waals surface area contributed by atoms with Gasteiger partial charge in [-0.05, 0) is 19.8 Å². The van der Waals surface area contributed by atoms with Gasteiger partial charge in [0.25, 0.3) is 0 Å². The topological polar surface area (TPSA) is 41.1 Å². The molecule has 2 amide bonds. The molecule has 84 valence electrons. The summed E-state index contributed by atoms with van der Waals surface area (Å²) in [4.78, 5) is 11.2. The Balaban J connectivity index is 3.27. The Morgan fingerprint density at radius 3 is 2.50 bits per heavy atom. The van der Waals surface area contributed by atoms with Gasteiger partial charge in [-0.2, -0.15) is 0 Å².